The van der Waals surface area contributed by atoms with Crippen LogP contribution in [-0.4, -0.2) is 40.4 Å². The van der Waals surface area contributed by atoms with E-state index >= 15 is 0 Å². The molecule has 1 saturated heterocycles. The van der Waals surface area contributed by atoms with E-state index in [-0.39, 0.29) is 5.91 Å². The van der Waals surface area contributed by atoms with Gasteiger partial charge in [0.05, 0.1) is 24.4 Å². The molecule has 16 heavy (non-hydrogen) atoms. The molecule has 86 valence electrons. The molecule has 1 heterocycles. The van der Waals surface area contributed by atoms with E-state index < -0.39 is 5.60 Å². The molecule has 1 aromatic rings. The van der Waals surface area contributed by atoms with Gasteiger partial charge in [0.1, 0.15) is 0 Å². The van der Waals surface area contributed by atoms with Gasteiger partial charge < -0.3 is 10.0 Å². The first-order chi connectivity index (χ1) is 7.57. The number of thioether (sulfide) groups is 1. The van der Waals surface area contributed by atoms with Crippen LogP contribution in [0.15, 0.2) is 35.2 Å². The van der Waals surface area contributed by atoms with Crippen LogP contribution in [-0.2, 0) is 4.79 Å². The van der Waals surface area contributed by atoms with Crippen LogP contribution in [0.3, 0.4) is 0 Å². The standard InChI is InChI=1S/C12H15NO2S/c1-12(15)8-13(9-12)11(14)7-16-10-5-3-2-4-6-10/h2-6,15H,7-9H2,1H3. The van der Waals surface area contributed by atoms with Gasteiger partial charge in [0.15, 0.2) is 0 Å². The fourth-order valence-electron chi connectivity index (χ4n) is 1.71. The van der Waals surface area contributed by atoms with Crippen LogP contribution in [0, 0.1) is 0 Å². The number of nitrogens with zero attached hydrogens (tertiary/aromatic N) is 1. The third-order valence-corrected chi connectivity index (χ3v) is 3.52. The van der Waals surface area contributed by atoms with Gasteiger partial charge in [0, 0.05) is 4.90 Å². The van der Waals surface area contributed by atoms with Crippen LogP contribution in [0.25, 0.3) is 0 Å². The summed E-state index contributed by atoms with van der Waals surface area (Å²) in [5.74, 6) is 0.542. The Bertz CT molecular complexity index is 370. The Morgan fingerprint density at radius 2 is 2.06 bits per heavy atom. The molecule has 0 radical (unpaired) electrons. The van der Waals surface area contributed by atoms with Crippen molar-refractivity contribution in [3.05, 3.63) is 30.3 Å². The van der Waals surface area contributed by atoms with Gasteiger partial charge in [0.2, 0.25) is 5.91 Å². The number of hydrogen-bond donors (Lipinski definition) is 1. The number of carbonyl (C=O) groups is 1. The maximum atomic E-state index is 11.7. The highest BCUT2D eigenvalue weighted by molar-refractivity contribution is 8.00. The SMILES string of the molecule is CC1(O)CN(C(=O)CSc2ccccc2)C1. The summed E-state index contributed by atoms with van der Waals surface area (Å²) in [5.41, 5.74) is -0.674. The van der Waals surface area contributed by atoms with Crippen molar-refractivity contribution in [2.75, 3.05) is 18.8 Å². The Kier molecular flexibility index (Phi) is 3.21. The molecule has 2 rings (SSSR count). The second-order valence-electron chi connectivity index (χ2n) is 4.35. The van der Waals surface area contributed by atoms with E-state index in [4.69, 9.17) is 0 Å². The van der Waals surface area contributed by atoms with E-state index in [2.05, 4.69) is 0 Å². The van der Waals surface area contributed by atoms with Gasteiger partial charge in [-0.15, -0.1) is 11.8 Å². The molecule has 4 heteroatoms. The van der Waals surface area contributed by atoms with Gasteiger partial charge in [-0.2, -0.15) is 0 Å². The van der Waals surface area contributed by atoms with Gasteiger partial charge in [-0.05, 0) is 19.1 Å². The maximum absolute atomic E-state index is 11.7. The quantitative estimate of drug-likeness (QED) is 0.807. The summed E-state index contributed by atoms with van der Waals surface area (Å²) < 4.78 is 0. The Balaban J connectivity index is 1.77. The number of benzene rings is 1. The molecule has 1 N–H and O–H groups in total. The van der Waals surface area contributed by atoms with Crippen molar-refractivity contribution >= 4 is 17.7 Å². The minimum atomic E-state index is -0.674. The van der Waals surface area contributed by atoms with E-state index in [1.54, 1.807) is 11.8 Å². The minimum absolute atomic E-state index is 0.0976. The minimum Gasteiger partial charge on any atom is -0.386 e. The summed E-state index contributed by atoms with van der Waals surface area (Å²) in [6, 6.07) is 9.86. The smallest absolute Gasteiger partial charge is 0.233 e. The molecule has 1 amide bonds. The Morgan fingerprint density at radius 1 is 1.44 bits per heavy atom. The summed E-state index contributed by atoms with van der Waals surface area (Å²) in [5, 5.41) is 9.52. The fraction of sp³-hybridized carbons (Fsp3) is 0.417. The topological polar surface area (TPSA) is 40.5 Å². The number of hydrogen-bond acceptors (Lipinski definition) is 3. The van der Waals surface area contributed by atoms with Crippen molar-refractivity contribution < 1.29 is 9.90 Å². The second kappa shape index (κ2) is 4.47. The number of β-amino-alcohol motifs (C(OH)–C–C–N with tert-alkyl or cyclic N) is 1. The summed E-state index contributed by atoms with van der Waals surface area (Å²) in [7, 11) is 0. The molecule has 0 atom stereocenters. The molecule has 0 spiro atoms. The van der Waals surface area contributed by atoms with Crippen LogP contribution in [0.4, 0.5) is 0 Å². The zero-order valence-electron chi connectivity index (χ0n) is 9.22. The van der Waals surface area contributed by atoms with Crippen LogP contribution >= 0.6 is 11.8 Å². The first kappa shape index (κ1) is 11.5. The van der Waals surface area contributed by atoms with Crippen molar-refractivity contribution in [3.8, 4) is 0 Å². The highest BCUT2D eigenvalue weighted by Gasteiger charge is 2.38. The van der Waals surface area contributed by atoms with E-state index in [1.165, 1.54) is 11.8 Å². The zero-order valence-corrected chi connectivity index (χ0v) is 10.0. The molecule has 1 aromatic carbocycles. The molecule has 0 saturated carbocycles. The van der Waals surface area contributed by atoms with Crippen LogP contribution in [0.2, 0.25) is 0 Å². The van der Waals surface area contributed by atoms with Crippen LogP contribution in [0.5, 0.6) is 0 Å². The highest BCUT2D eigenvalue weighted by Crippen LogP contribution is 2.23. The lowest BCUT2D eigenvalue weighted by Gasteiger charge is -2.44. The normalized spacial score (nSPS) is 18.0. The molecule has 3 nitrogen and oxygen atoms in total. The molecule has 0 aliphatic carbocycles. The lowest BCUT2D eigenvalue weighted by molar-refractivity contribution is -0.149. The Hall–Kier alpha value is -1.00. The van der Waals surface area contributed by atoms with E-state index in [1.807, 2.05) is 30.3 Å². The number of rotatable bonds is 3. The van der Waals surface area contributed by atoms with Gasteiger partial charge in [-0.1, -0.05) is 18.2 Å². The molecule has 1 aliphatic heterocycles. The van der Waals surface area contributed by atoms with Gasteiger partial charge in [-0.3, -0.25) is 4.79 Å². The fourth-order valence-corrected chi connectivity index (χ4v) is 2.53. The van der Waals surface area contributed by atoms with Crippen LogP contribution < -0.4 is 0 Å². The van der Waals surface area contributed by atoms with Crippen molar-refractivity contribution in [1.82, 2.24) is 4.90 Å². The van der Waals surface area contributed by atoms with E-state index in [0.29, 0.717) is 18.8 Å². The van der Waals surface area contributed by atoms with Crippen LogP contribution in [0.1, 0.15) is 6.92 Å². The molecule has 1 aliphatic rings. The number of aliphatic hydroxyl groups is 1. The van der Waals surface area contributed by atoms with E-state index in [0.717, 1.165) is 4.90 Å². The number of likely N-dealkylation sites (tertiary alicyclic amines) is 1. The molecule has 1 fully saturated rings. The lowest BCUT2D eigenvalue weighted by Crippen LogP contribution is -2.62. The largest absolute Gasteiger partial charge is 0.386 e. The third-order valence-electron chi connectivity index (χ3n) is 2.52. The number of carbonyl (C=O) groups excluding carboxylic acids is 1. The highest BCUT2D eigenvalue weighted by atomic mass is 32.2. The van der Waals surface area contributed by atoms with Crippen molar-refractivity contribution in [2.24, 2.45) is 0 Å². The van der Waals surface area contributed by atoms with Gasteiger partial charge in [-0.25, -0.2) is 0 Å². The Morgan fingerprint density at radius 3 is 2.62 bits per heavy atom. The van der Waals surface area contributed by atoms with Gasteiger partial charge in [0.25, 0.3) is 0 Å². The zero-order chi connectivity index (χ0) is 11.6. The monoisotopic (exact) mass is 237 g/mol. The summed E-state index contributed by atoms with van der Waals surface area (Å²) in [6.45, 7) is 2.67. The molecular formula is C12H15NO2S. The predicted molar refractivity (Wildman–Crippen MR) is 64.4 cm³/mol. The van der Waals surface area contributed by atoms with Crippen molar-refractivity contribution in [2.45, 2.75) is 17.4 Å². The number of amides is 1. The lowest BCUT2D eigenvalue weighted by atomic mass is 9.97. The first-order valence-corrected chi connectivity index (χ1v) is 6.23. The van der Waals surface area contributed by atoms with Crippen molar-refractivity contribution in [3.63, 3.8) is 0 Å². The second-order valence-corrected chi connectivity index (χ2v) is 5.40. The van der Waals surface area contributed by atoms with Crippen molar-refractivity contribution in [1.29, 1.82) is 0 Å². The third kappa shape index (κ3) is 2.77. The summed E-state index contributed by atoms with van der Waals surface area (Å²) in [6.07, 6.45) is 0. The summed E-state index contributed by atoms with van der Waals surface area (Å²) >= 11 is 1.53. The molecule has 0 aromatic heterocycles. The Labute approximate surface area is 99.5 Å². The molecular weight excluding hydrogens is 222 g/mol. The molecule has 0 bridgehead atoms. The average Bonchev–Trinajstić information content (AvgIpc) is 2.24. The predicted octanol–water partition coefficient (Wildman–Crippen LogP) is 1.37. The average molecular weight is 237 g/mol. The van der Waals surface area contributed by atoms with E-state index in [9.17, 15) is 9.90 Å². The summed E-state index contributed by atoms with van der Waals surface area (Å²) in [4.78, 5) is 14.5. The molecule has 0 unspecified atom stereocenters. The van der Waals surface area contributed by atoms with Gasteiger partial charge >= 0.3 is 0 Å². The first-order valence-electron chi connectivity index (χ1n) is 5.25. The maximum Gasteiger partial charge on any atom is 0.233 e.